The molecule has 1 aromatic carbocycles. The highest BCUT2D eigenvalue weighted by Gasteiger charge is 2.23. The van der Waals surface area contributed by atoms with Crippen molar-refractivity contribution in [2.45, 2.75) is 13.0 Å². The van der Waals surface area contributed by atoms with Crippen LogP contribution in [0.4, 0.5) is 5.95 Å². The molecular formula is C23H21N5O3. The summed E-state index contributed by atoms with van der Waals surface area (Å²) in [6.07, 6.45) is 9.27. The number of fused-ring (bicyclic) bond motifs is 1. The Morgan fingerprint density at radius 2 is 1.84 bits per heavy atom. The van der Waals surface area contributed by atoms with E-state index in [1.54, 1.807) is 45.3 Å². The fraction of sp³-hybridized carbons (Fsp3) is 0.217. The topological polar surface area (TPSA) is 86.4 Å². The third kappa shape index (κ3) is 3.56. The highest BCUT2D eigenvalue weighted by Crippen LogP contribution is 2.35. The molecule has 0 bridgehead atoms. The first kappa shape index (κ1) is 19.0. The lowest BCUT2D eigenvalue weighted by Gasteiger charge is -2.30. The summed E-state index contributed by atoms with van der Waals surface area (Å²) in [6, 6.07) is 7.81. The molecule has 0 N–H and O–H groups in total. The highest BCUT2D eigenvalue weighted by atomic mass is 16.5. The number of hydrogen-bond acceptors (Lipinski definition) is 8. The Balaban J connectivity index is 1.52. The molecule has 0 amide bonds. The summed E-state index contributed by atoms with van der Waals surface area (Å²) < 4.78 is 16.6. The van der Waals surface area contributed by atoms with Gasteiger partial charge in [-0.05, 0) is 41.8 Å². The van der Waals surface area contributed by atoms with Crippen molar-refractivity contribution >= 4 is 5.95 Å². The molecule has 0 fully saturated rings. The number of benzene rings is 1. The molecule has 0 saturated heterocycles. The van der Waals surface area contributed by atoms with Gasteiger partial charge < -0.3 is 18.8 Å². The second-order valence-electron chi connectivity index (χ2n) is 7.15. The molecule has 8 nitrogen and oxygen atoms in total. The van der Waals surface area contributed by atoms with Crippen LogP contribution in [0.25, 0.3) is 22.7 Å². The van der Waals surface area contributed by atoms with Crippen molar-refractivity contribution in [1.29, 1.82) is 0 Å². The average Bonchev–Trinajstić information content (AvgIpc) is 3.38. The van der Waals surface area contributed by atoms with Gasteiger partial charge >= 0.3 is 0 Å². The number of ether oxygens (including phenoxy) is 2. The Morgan fingerprint density at radius 1 is 1.00 bits per heavy atom. The van der Waals surface area contributed by atoms with Crippen molar-refractivity contribution in [3.05, 3.63) is 66.4 Å². The fourth-order valence-corrected chi connectivity index (χ4v) is 3.81. The molecule has 156 valence electrons. The van der Waals surface area contributed by atoms with E-state index in [1.807, 2.05) is 18.2 Å². The Labute approximate surface area is 179 Å². The van der Waals surface area contributed by atoms with E-state index >= 15 is 0 Å². The molecule has 0 radical (unpaired) electrons. The van der Waals surface area contributed by atoms with Crippen molar-refractivity contribution in [3.63, 3.8) is 0 Å². The van der Waals surface area contributed by atoms with Crippen LogP contribution in [-0.4, -0.2) is 40.7 Å². The van der Waals surface area contributed by atoms with Crippen LogP contribution >= 0.6 is 0 Å². The van der Waals surface area contributed by atoms with Gasteiger partial charge in [-0.25, -0.2) is 9.97 Å². The molecule has 4 heterocycles. The van der Waals surface area contributed by atoms with Gasteiger partial charge in [-0.15, -0.1) is 0 Å². The number of nitrogens with zero attached hydrogens (tertiary/aromatic N) is 5. The van der Waals surface area contributed by atoms with E-state index in [0.29, 0.717) is 29.6 Å². The standard InChI is InChI=1S/C23H21N5O3/c1-29-20-10-15-5-8-28(14-16(15)11-21(20)30-2)23-26-12-17(18-13-24-6-7-25-18)22(27-23)19-4-3-9-31-19/h3-4,6-7,9-13H,5,8,14H2,1-2H3. The molecular weight excluding hydrogens is 394 g/mol. The fourth-order valence-electron chi connectivity index (χ4n) is 3.81. The first-order valence-corrected chi connectivity index (χ1v) is 9.93. The second kappa shape index (κ2) is 8.06. The summed E-state index contributed by atoms with van der Waals surface area (Å²) in [5.41, 5.74) is 4.58. The largest absolute Gasteiger partial charge is 0.493 e. The first-order chi connectivity index (χ1) is 15.3. The number of methoxy groups -OCH3 is 2. The predicted molar refractivity (Wildman–Crippen MR) is 115 cm³/mol. The van der Waals surface area contributed by atoms with Crippen molar-refractivity contribution in [2.24, 2.45) is 0 Å². The van der Waals surface area contributed by atoms with Gasteiger partial charge in [0.05, 0.1) is 32.4 Å². The zero-order valence-electron chi connectivity index (χ0n) is 17.3. The quantitative estimate of drug-likeness (QED) is 0.487. The van der Waals surface area contributed by atoms with Crippen LogP contribution in [0, 0.1) is 0 Å². The maximum Gasteiger partial charge on any atom is 0.226 e. The van der Waals surface area contributed by atoms with Crippen LogP contribution in [0.3, 0.4) is 0 Å². The molecule has 4 aromatic rings. The van der Waals surface area contributed by atoms with Crippen molar-refractivity contribution in [1.82, 2.24) is 19.9 Å². The minimum atomic E-state index is 0.638. The highest BCUT2D eigenvalue weighted by molar-refractivity contribution is 5.76. The van der Waals surface area contributed by atoms with Crippen molar-refractivity contribution in [3.8, 4) is 34.2 Å². The van der Waals surface area contributed by atoms with Crippen LogP contribution in [-0.2, 0) is 13.0 Å². The zero-order valence-corrected chi connectivity index (χ0v) is 17.3. The summed E-state index contributed by atoms with van der Waals surface area (Å²) in [6.45, 7) is 1.47. The Bertz CT molecular complexity index is 1200. The van der Waals surface area contributed by atoms with Crippen LogP contribution in [0.5, 0.6) is 11.5 Å². The van der Waals surface area contributed by atoms with E-state index in [1.165, 1.54) is 11.1 Å². The number of rotatable bonds is 5. The lowest BCUT2D eigenvalue weighted by molar-refractivity contribution is 0.353. The molecule has 31 heavy (non-hydrogen) atoms. The van der Waals surface area contributed by atoms with E-state index in [2.05, 4.69) is 25.9 Å². The minimum Gasteiger partial charge on any atom is -0.493 e. The summed E-state index contributed by atoms with van der Waals surface area (Å²) in [7, 11) is 3.30. The maximum absolute atomic E-state index is 5.65. The van der Waals surface area contributed by atoms with Gasteiger partial charge in [-0.1, -0.05) is 0 Å². The molecule has 0 saturated carbocycles. The number of furan rings is 1. The molecule has 1 aliphatic rings. The van der Waals surface area contributed by atoms with E-state index in [-0.39, 0.29) is 0 Å². The van der Waals surface area contributed by atoms with Crippen LogP contribution in [0.2, 0.25) is 0 Å². The predicted octanol–water partition coefficient (Wildman–Crippen LogP) is 3.77. The third-order valence-electron chi connectivity index (χ3n) is 5.37. The van der Waals surface area contributed by atoms with E-state index in [4.69, 9.17) is 18.9 Å². The van der Waals surface area contributed by atoms with Gasteiger partial charge in [0, 0.05) is 37.2 Å². The molecule has 0 unspecified atom stereocenters. The van der Waals surface area contributed by atoms with Gasteiger partial charge in [0.2, 0.25) is 5.95 Å². The summed E-state index contributed by atoms with van der Waals surface area (Å²) in [4.78, 5) is 20.2. The molecule has 3 aromatic heterocycles. The van der Waals surface area contributed by atoms with E-state index < -0.39 is 0 Å². The third-order valence-corrected chi connectivity index (χ3v) is 5.37. The molecule has 1 aliphatic heterocycles. The lowest BCUT2D eigenvalue weighted by Crippen LogP contribution is -2.32. The lowest BCUT2D eigenvalue weighted by atomic mass is 9.99. The number of hydrogen-bond donors (Lipinski definition) is 0. The van der Waals surface area contributed by atoms with Crippen LogP contribution in [0.1, 0.15) is 11.1 Å². The minimum absolute atomic E-state index is 0.638. The van der Waals surface area contributed by atoms with Crippen molar-refractivity contribution in [2.75, 3.05) is 25.7 Å². The number of aromatic nitrogens is 4. The first-order valence-electron chi connectivity index (χ1n) is 9.93. The Morgan fingerprint density at radius 3 is 2.55 bits per heavy atom. The van der Waals surface area contributed by atoms with Crippen molar-refractivity contribution < 1.29 is 13.9 Å². The molecule has 0 aliphatic carbocycles. The van der Waals surface area contributed by atoms with Gasteiger partial charge in [-0.3, -0.25) is 9.97 Å². The second-order valence-corrected chi connectivity index (χ2v) is 7.15. The monoisotopic (exact) mass is 415 g/mol. The normalized spacial score (nSPS) is 13.0. The van der Waals surface area contributed by atoms with Crippen LogP contribution < -0.4 is 14.4 Å². The molecule has 0 atom stereocenters. The van der Waals surface area contributed by atoms with Gasteiger partial charge in [0.1, 0.15) is 5.69 Å². The molecule has 8 heteroatoms. The maximum atomic E-state index is 5.65. The number of anilines is 1. The molecule has 5 rings (SSSR count). The average molecular weight is 415 g/mol. The van der Waals surface area contributed by atoms with E-state index in [9.17, 15) is 0 Å². The summed E-state index contributed by atoms with van der Waals surface area (Å²) >= 11 is 0. The zero-order chi connectivity index (χ0) is 21.2. The summed E-state index contributed by atoms with van der Waals surface area (Å²) in [5, 5.41) is 0. The summed E-state index contributed by atoms with van der Waals surface area (Å²) in [5.74, 6) is 2.77. The smallest absolute Gasteiger partial charge is 0.226 e. The van der Waals surface area contributed by atoms with Gasteiger partial charge in [0.25, 0.3) is 0 Å². The molecule has 0 spiro atoms. The van der Waals surface area contributed by atoms with Crippen LogP contribution in [0.15, 0.2) is 59.7 Å². The van der Waals surface area contributed by atoms with Gasteiger partial charge in [-0.2, -0.15) is 0 Å². The Hall–Kier alpha value is -3.94. The van der Waals surface area contributed by atoms with E-state index in [0.717, 1.165) is 30.0 Å². The Kier molecular flexibility index (Phi) is 4.95. The van der Waals surface area contributed by atoms with Gasteiger partial charge in [0.15, 0.2) is 17.3 Å². The SMILES string of the molecule is COc1cc2c(cc1OC)CN(c1ncc(-c3cnccn3)c(-c3ccco3)n1)CC2.